The molecule has 0 bridgehead atoms. The van der Waals surface area contributed by atoms with Crippen LogP contribution in [0.15, 0.2) is 0 Å². The first-order valence-electron chi connectivity index (χ1n) is 6.73. The molecule has 0 aromatic heterocycles. The number of hydrogen-bond acceptors (Lipinski definition) is 6. The molecular formula is C12H22N4O4S2. The molecule has 0 aromatic rings. The Bertz CT molecular complexity index is 382. The van der Waals surface area contributed by atoms with Gasteiger partial charge in [0.1, 0.15) is 0 Å². The molecule has 2 unspecified atom stereocenters. The molecule has 10 heteroatoms. The number of carbonyl (C=O) groups is 4. The van der Waals surface area contributed by atoms with Gasteiger partial charge in [-0.3, -0.25) is 9.59 Å². The fourth-order valence-corrected chi connectivity index (χ4v) is 3.90. The van der Waals surface area contributed by atoms with E-state index in [1.807, 2.05) is 0 Å². The van der Waals surface area contributed by atoms with Gasteiger partial charge < -0.3 is 22.1 Å². The van der Waals surface area contributed by atoms with Gasteiger partial charge >= 0.3 is 12.1 Å². The number of amides is 4. The minimum absolute atomic E-state index is 0.122. The van der Waals surface area contributed by atoms with Gasteiger partial charge in [-0.1, -0.05) is 35.4 Å². The van der Waals surface area contributed by atoms with Gasteiger partial charge in [0.15, 0.2) is 11.6 Å². The number of Topliss-reactive ketones (excluding diaryl/α,β-unsaturated/α-hetero) is 2. The van der Waals surface area contributed by atoms with Crippen molar-refractivity contribution in [3.63, 3.8) is 0 Å². The second-order valence-electron chi connectivity index (χ2n) is 4.33. The van der Waals surface area contributed by atoms with Gasteiger partial charge in [-0.05, 0) is 0 Å². The first-order valence-corrected chi connectivity index (χ1v) is 9.22. The van der Waals surface area contributed by atoms with Crippen molar-refractivity contribution < 1.29 is 19.2 Å². The van der Waals surface area contributed by atoms with Crippen LogP contribution in [0.25, 0.3) is 0 Å². The van der Waals surface area contributed by atoms with Gasteiger partial charge in [0.05, 0.1) is 12.1 Å². The maximum Gasteiger partial charge on any atom is 0.312 e. The summed E-state index contributed by atoms with van der Waals surface area (Å²) in [7, 11) is 2.62. The number of primary amides is 2. The quantitative estimate of drug-likeness (QED) is 0.313. The van der Waals surface area contributed by atoms with Crippen LogP contribution in [-0.4, -0.2) is 47.2 Å². The zero-order chi connectivity index (χ0) is 17.1. The van der Waals surface area contributed by atoms with Crippen LogP contribution in [0.3, 0.4) is 0 Å². The molecule has 0 aliphatic carbocycles. The van der Waals surface area contributed by atoms with Crippen LogP contribution in [-0.2, 0) is 9.59 Å². The SMILES string of the molecule is CCC(=O)C(CSSCC(NC(N)=O)C(=O)CC)NC(N)=O. The molecule has 22 heavy (non-hydrogen) atoms. The molecule has 0 aliphatic rings. The van der Waals surface area contributed by atoms with Crippen molar-refractivity contribution in [3.8, 4) is 0 Å². The van der Waals surface area contributed by atoms with E-state index in [1.54, 1.807) is 13.8 Å². The van der Waals surface area contributed by atoms with Crippen molar-refractivity contribution in [2.24, 2.45) is 11.5 Å². The van der Waals surface area contributed by atoms with Crippen molar-refractivity contribution in [1.29, 1.82) is 0 Å². The average molecular weight is 350 g/mol. The molecule has 0 radical (unpaired) electrons. The summed E-state index contributed by atoms with van der Waals surface area (Å²) in [5.74, 6) is 0.403. The van der Waals surface area contributed by atoms with E-state index < -0.39 is 24.1 Å². The van der Waals surface area contributed by atoms with Gasteiger partial charge in [-0.2, -0.15) is 0 Å². The molecule has 126 valence electrons. The smallest absolute Gasteiger partial charge is 0.312 e. The standard InChI is InChI=1S/C12H22N4O4S2/c1-3-9(17)7(15-11(13)19)5-21-22-6-8(10(18)4-2)16-12(14)20/h7-8H,3-6H2,1-2H3,(H3,13,15,19)(H3,14,16,20). The Hall–Kier alpha value is -1.42. The van der Waals surface area contributed by atoms with Crippen LogP contribution in [0, 0.1) is 0 Å². The summed E-state index contributed by atoms with van der Waals surface area (Å²) in [4.78, 5) is 45.0. The summed E-state index contributed by atoms with van der Waals surface area (Å²) in [5, 5.41) is 4.77. The molecule has 0 fully saturated rings. The fourth-order valence-electron chi connectivity index (χ4n) is 1.50. The van der Waals surface area contributed by atoms with Crippen LogP contribution in [0.5, 0.6) is 0 Å². The minimum atomic E-state index is -0.758. The topological polar surface area (TPSA) is 144 Å². The van der Waals surface area contributed by atoms with Crippen LogP contribution in [0.1, 0.15) is 26.7 Å². The second-order valence-corrected chi connectivity index (χ2v) is 6.88. The molecule has 0 aromatic carbocycles. The Balaban J connectivity index is 4.33. The van der Waals surface area contributed by atoms with Crippen molar-refractivity contribution in [2.75, 3.05) is 11.5 Å². The lowest BCUT2D eigenvalue weighted by Crippen LogP contribution is -2.45. The highest BCUT2D eigenvalue weighted by Crippen LogP contribution is 2.23. The van der Waals surface area contributed by atoms with E-state index in [9.17, 15) is 19.2 Å². The third kappa shape index (κ3) is 8.78. The van der Waals surface area contributed by atoms with Crippen LogP contribution in [0.2, 0.25) is 0 Å². The van der Waals surface area contributed by atoms with Gasteiger partial charge in [-0.15, -0.1) is 0 Å². The Morgan fingerprint density at radius 3 is 1.36 bits per heavy atom. The van der Waals surface area contributed by atoms with E-state index in [-0.39, 0.29) is 24.4 Å². The van der Waals surface area contributed by atoms with Crippen molar-refractivity contribution in [1.82, 2.24) is 10.6 Å². The van der Waals surface area contributed by atoms with Gasteiger partial charge in [0, 0.05) is 24.3 Å². The molecule has 0 heterocycles. The average Bonchev–Trinajstić information content (AvgIpc) is 2.46. The van der Waals surface area contributed by atoms with Crippen molar-refractivity contribution >= 4 is 45.2 Å². The van der Waals surface area contributed by atoms with E-state index in [2.05, 4.69) is 10.6 Å². The fraction of sp³-hybridized carbons (Fsp3) is 0.667. The molecule has 0 saturated heterocycles. The zero-order valence-corrected chi connectivity index (χ0v) is 14.2. The molecular weight excluding hydrogens is 328 g/mol. The van der Waals surface area contributed by atoms with E-state index in [4.69, 9.17) is 11.5 Å². The lowest BCUT2D eigenvalue weighted by atomic mass is 10.2. The normalized spacial score (nSPS) is 13.0. The highest BCUT2D eigenvalue weighted by Gasteiger charge is 2.21. The Morgan fingerprint density at radius 1 is 0.818 bits per heavy atom. The lowest BCUT2D eigenvalue weighted by Gasteiger charge is -2.17. The van der Waals surface area contributed by atoms with E-state index in [0.717, 1.165) is 0 Å². The highest BCUT2D eigenvalue weighted by molar-refractivity contribution is 8.76. The maximum atomic E-state index is 11.7. The third-order valence-corrected chi connectivity index (χ3v) is 5.08. The van der Waals surface area contributed by atoms with E-state index in [0.29, 0.717) is 11.5 Å². The predicted molar refractivity (Wildman–Crippen MR) is 88.5 cm³/mol. The van der Waals surface area contributed by atoms with Crippen molar-refractivity contribution in [3.05, 3.63) is 0 Å². The van der Waals surface area contributed by atoms with Crippen molar-refractivity contribution in [2.45, 2.75) is 38.8 Å². The summed E-state index contributed by atoms with van der Waals surface area (Å²) in [6, 6.07) is -2.84. The number of ketones is 2. The number of carbonyl (C=O) groups excluding carboxylic acids is 4. The summed E-state index contributed by atoms with van der Waals surface area (Å²) in [5.41, 5.74) is 10.1. The molecule has 2 atom stereocenters. The lowest BCUT2D eigenvalue weighted by molar-refractivity contribution is -0.120. The predicted octanol–water partition coefficient (Wildman–Crippen LogP) is 0.400. The largest absolute Gasteiger partial charge is 0.352 e. The number of nitrogens with two attached hydrogens (primary N) is 2. The number of nitrogens with one attached hydrogen (secondary N) is 2. The Kier molecular flexibility index (Phi) is 10.5. The zero-order valence-electron chi connectivity index (χ0n) is 12.6. The first kappa shape index (κ1) is 20.6. The highest BCUT2D eigenvalue weighted by atomic mass is 33.1. The van der Waals surface area contributed by atoms with E-state index >= 15 is 0 Å². The maximum absolute atomic E-state index is 11.7. The molecule has 4 amide bonds. The van der Waals surface area contributed by atoms with Crippen LogP contribution < -0.4 is 22.1 Å². The molecule has 0 saturated carbocycles. The van der Waals surface area contributed by atoms with Gasteiger partial charge in [0.25, 0.3) is 0 Å². The first-order chi connectivity index (χ1) is 10.3. The minimum Gasteiger partial charge on any atom is -0.352 e. The second kappa shape index (κ2) is 11.2. The molecule has 6 N–H and O–H groups in total. The van der Waals surface area contributed by atoms with Crippen LogP contribution >= 0.6 is 21.6 Å². The summed E-state index contributed by atoms with van der Waals surface area (Å²) < 4.78 is 0. The summed E-state index contributed by atoms with van der Waals surface area (Å²) >= 11 is 0. The van der Waals surface area contributed by atoms with E-state index in [1.165, 1.54) is 21.6 Å². The van der Waals surface area contributed by atoms with Gasteiger partial charge in [-0.25, -0.2) is 9.59 Å². The number of urea groups is 2. The molecule has 0 spiro atoms. The molecule has 8 nitrogen and oxygen atoms in total. The summed E-state index contributed by atoms with van der Waals surface area (Å²) in [6.07, 6.45) is 0.576. The monoisotopic (exact) mass is 350 g/mol. The van der Waals surface area contributed by atoms with Gasteiger partial charge in [0.2, 0.25) is 0 Å². The summed E-state index contributed by atoms with van der Waals surface area (Å²) in [6.45, 7) is 3.39. The number of rotatable bonds is 11. The Labute approximate surface area is 137 Å². The number of hydrogen-bond donors (Lipinski definition) is 4. The third-order valence-electron chi connectivity index (χ3n) is 2.66. The molecule has 0 aliphatic heterocycles. The van der Waals surface area contributed by atoms with Crippen LogP contribution in [0.4, 0.5) is 9.59 Å². The molecule has 0 rings (SSSR count). The Morgan fingerprint density at radius 2 is 1.14 bits per heavy atom.